The SMILES string of the molecule is O=C(NN(C(=O)[C@@H](CS)C(=O)N1CCc2c1cc(OP(=O)(O)OCCl)c1ccccc21)c1ccc2[nH]ccc2c1)c1cc2ccccc2[nH]1. The van der Waals surface area contributed by atoms with Crippen molar-refractivity contribution in [1.29, 1.82) is 0 Å². The Morgan fingerprint density at radius 1 is 1.00 bits per heavy atom. The molecular formula is C34H29ClN5O7PS. The van der Waals surface area contributed by atoms with Gasteiger partial charge in [-0.15, -0.1) is 0 Å². The molecule has 12 nitrogen and oxygen atoms in total. The number of nitrogens with one attached hydrogen (secondary N) is 3. The molecule has 1 unspecified atom stereocenters. The van der Waals surface area contributed by atoms with Gasteiger partial charge in [-0.1, -0.05) is 54.1 Å². The summed E-state index contributed by atoms with van der Waals surface area (Å²) in [6.45, 7) is 0.227. The zero-order chi connectivity index (χ0) is 34.3. The molecular weight excluding hydrogens is 689 g/mol. The van der Waals surface area contributed by atoms with Crippen molar-refractivity contribution in [3.05, 3.63) is 102 Å². The van der Waals surface area contributed by atoms with E-state index in [1.165, 1.54) is 11.0 Å². The van der Waals surface area contributed by atoms with Gasteiger partial charge in [0.15, 0.2) is 0 Å². The largest absolute Gasteiger partial charge is 0.528 e. The fourth-order valence-electron chi connectivity index (χ4n) is 6.14. The molecule has 2 aromatic heterocycles. The van der Waals surface area contributed by atoms with Gasteiger partial charge >= 0.3 is 7.82 Å². The highest BCUT2D eigenvalue weighted by Crippen LogP contribution is 2.49. The predicted octanol–water partition coefficient (Wildman–Crippen LogP) is 6.31. The molecule has 1 aliphatic rings. The molecule has 0 radical (unpaired) electrons. The second-order valence-electron chi connectivity index (χ2n) is 11.3. The number of H-pyrrole nitrogens is 2. The second kappa shape index (κ2) is 13.3. The van der Waals surface area contributed by atoms with Crippen LogP contribution in [0, 0.1) is 5.92 Å². The third-order valence-corrected chi connectivity index (χ3v) is 9.95. The molecule has 0 saturated carbocycles. The Labute approximate surface area is 289 Å². The van der Waals surface area contributed by atoms with Gasteiger partial charge in [0.05, 0.1) is 11.4 Å². The minimum atomic E-state index is -4.59. The monoisotopic (exact) mass is 717 g/mol. The third-order valence-electron chi connectivity index (χ3n) is 8.44. The number of halogens is 1. The van der Waals surface area contributed by atoms with Gasteiger partial charge in [-0.2, -0.15) is 12.6 Å². The molecule has 2 atom stereocenters. The van der Waals surface area contributed by atoms with Crippen molar-refractivity contribution >= 4 is 93.7 Å². The van der Waals surface area contributed by atoms with Crippen molar-refractivity contribution in [2.45, 2.75) is 6.42 Å². The van der Waals surface area contributed by atoms with Crippen LogP contribution < -0.4 is 19.9 Å². The summed E-state index contributed by atoms with van der Waals surface area (Å²) in [5, 5.41) is 3.93. The molecule has 0 fully saturated rings. The molecule has 15 heteroatoms. The number of aromatic amines is 2. The summed E-state index contributed by atoms with van der Waals surface area (Å²) in [5.74, 6) is -3.38. The van der Waals surface area contributed by atoms with Gasteiger partial charge in [0.2, 0.25) is 5.91 Å². The average molecular weight is 718 g/mol. The maximum absolute atomic E-state index is 14.4. The lowest BCUT2D eigenvalue weighted by molar-refractivity contribution is -0.131. The number of hydrogen-bond donors (Lipinski definition) is 5. The highest BCUT2D eigenvalue weighted by Gasteiger charge is 2.39. The van der Waals surface area contributed by atoms with E-state index in [0.29, 0.717) is 28.6 Å². The van der Waals surface area contributed by atoms with E-state index < -0.39 is 37.5 Å². The van der Waals surface area contributed by atoms with Gasteiger partial charge in [0.1, 0.15) is 23.4 Å². The van der Waals surface area contributed by atoms with E-state index in [9.17, 15) is 23.8 Å². The minimum absolute atomic E-state index is 0.00535. The molecule has 0 bridgehead atoms. The summed E-state index contributed by atoms with van der Waals surface area (Å²) in [4.78, 5) is 60.2. The first-order valence-corrected chi connectivity index (χ1v) is 17.8. The van der Waals surface area contributed by atoms with E-state index in [1.807, 2.05) is 36.4 Å². The zero-order valence-electron chi connectivity index (χ0n) is 25.6. The van der Waals surface area contributed by atoms with Crippen molar-refractivity contribution in [3.63, 3.8) is 0 Å². The van der Waals surface area contributed by atoms with E-state index in [1.54, 1.807) is 48.7 Å². The molecule has 4 aromatic carbocycles. The van der Waals surface area contributed by atoms with Crippen LogP contribution in [-0.2, 0) is 25.1 Å². The molecule has 250 valence electrons. The van der Waals surface area contributed by atoms with E-state index >= 15 is 0 Å². The molecule has 0 aliphatic carbocycles. The number of phosphoric ester groups is 1. The first-order chi connectivity index (χ1) is 23.7. The van der Waals surface area contributed by atoms with Crippen molar-refractivity contribution in [1.82, 2.24) is 15.4 Å². The van der Waals surface area contributed by atoms with E-state index in [-0.39, 0.29) is 23.7 Å². The Morgan fingerprint density at radius 2 is 1.76 bits per heavy atom. The number of rotatable bonds is 9. The molecule has 0 spiro atoms. The number of hydrazine groups is 1. The topological polar surface area (TPSA) is 157 Å². The van der Waals surface area contributed by atoms with Crippen LogP contribution in [0.1, 0.15) is 16.1 Å². The number of aromatic nitrogens is 2. The van der Waals surface area contributed by atoms with Crippen LogP contribution in [-0.4, -0.2) is 50.9 Å². The van der Waals surface area contributed by atoms with Crippen LogP contribution in [0.3, 0.4) is 0 Å². The van der Waals surface area contributed by atoms with Gasteiger partial charge in [-0.05, 0) is 53.8 Å². The van der Waals surface area contributed by atoms with Crippen LogP contribution >= 0.6 is 32.1 Å². The third kappa shape index (κ3) is 6.27. The number of fused-ring (bicyclic) bond motifs is 5. The molecule has 0 saturated heterocycles. The molecule has 3 amide bonds. The van der Waals surface area contributed by atoms with Crippen molar-refractivity contribution in [2.75, 3.05) is 28.3 Å². The van der Waals surface area contributed by atoms with Crippen LogP contribution in [0.25, 0.3) is 32.6 Å². The predicted molar refractivity (Wildman–Crippen MR) is 191 cm³/mol. The normalized spacial score (nSPS) is 14.5. The lowest BCUT2D eigenvalue weighted by Crippen LogP contribution is -2.53. The van der Waals surface area contributed by atoms with Crippen molar-refractivity contribution in [3.8, 4) is 5.75 Å². The number of nitrogens with zero attached hydrogens (tertiary/aromatic N) is 2. The summed E-state index contributed by atoms with van der Waals surface area (Å²) in [6.07, 6.45) is 2.21. The summed E-state index contributed by atoms with van der Waals surface area (Å²) < 4.78 is 22.7. The fourth-order valence-corrected chi connectivity index (χ4v) is 7.40. The molecule has 6 aromatic rings. The molecule has 1 aliphatic heterocycles. The number of para-hydroxylation sites is 1. The van der Waals surface area contributed by atoms with Crippen molar-refractivity contribution < 1.29 is 32.9 Å². The van der Waals surface area contributed by atoms with E-state index in [0.717, 1.165) is 32.4 Å². The Hall–Kier alpha value is -4.78. The number of anilines is 2. The van der Waals surface area contributed by atoms with Crippen LogP contribution in [0.4, 0.5) is 11.4 Å². The van der Waals surface area contributed by atoms with Crippen LogP contribution in [0.15, 0.2) is 91.1 Å². The summed E-state index contributed by atoms with van der Waals surface area (Å²) in [5.41, 5.74) is 6.05. The maximum Gasteiger partial charge on any atom is 0.528 e. The number of amides is 3. The number of carbonyl (C=O) groups excluding carboxylic acids is 3. The smallest absolute Gasteiger partial charge is 0.403 e. The summed E-state index contributed by atoms with van der Waals surface area (Å²) in [7, 11) is -4.59. The van der Waals surface area contributed by atoms with Gasteiger partial charge in [-0.3, -0.25) is 29.2 Å². The average Bonchev–Trinajstić information content (AvgIpc) is 3.85. The Balaban J connectivity index is 1.24. The minimum Gasteiger partial charge on any atom is -0.403 e. The van der Waals surface area contributed by atoms with Gasteiger partial charge in [-0.25, -0.2) is 9.57 Å². The molecule has 49 heavy (non-hydrogen) atoms. The standard InChI is InChI=1S/C34H29ClN5O7PS/c35-19-46-48(44,45)47-31-17-30-24(23-6-2-3-7-25(23)31)12-14-39(30)33(42)26(18-49)34(43)40(22-9-10-27-21(15-22)11-13-36-27)38-32(41)29-16-20-5-1-4-8-28(20)37-29/h1-11,13,15-17,26,36-37,49H,12,14,18-19H2,(H,38,41)(H,44,45)/t26-/m0/s1. The number of alkyl halides is 1. The number of hydrogen-bond acceptors (Lipinski definition) is 7. The van der Waals surface area contributed by atoms with Crippen molar-refractivity contribution in [2.24, 2.45) is 5.92 Å². The lowest BCUT2D eigenvalue weighted by Gasteiger charge is -2.29. The quantitative estimate of drug-likeness (QED) is 0.0386. The number of phosphoric acid groups is 1. The number of thiol groups is 1. The van der Waals surface area contributed by atoms with E-state index in [2.05, 4.69) is 28.0 Å². The fraction of sp³-hybridized carbons (Fsp3) is 0.147. The highest BCUT2D eigenvalue weighted by molar-refractivity contribution is 7.80. The van der Waals surface area contributed by atoms with Crippen LogP contribution in [0.5, 0.6) is 5.75 Å². The highest BCUT2D eigenvalue weighted by atomic mass is 35.5. The Morgan fingerprint density at radius 3 is 2.53 bits per heavy atom. The summed E-state index contributed by atoms with van der Waals surface area (Å²) >= 11 is 9.95. The number of carbonyl (C=O) groups is 3. The second-order valence-corrected chi connectivity index (χ2v) is 13.3. The van der Waals surface area contributed by atoms with Gasteiger partial charge in [0, 0.05) is 51.8 Å². The maximum atomic E-state index is 14.4. The van der Waals surface area contributed by atoms with Crippen LogP contribution in [0.2, 0.25) is 0 Å². The Kier molecular flexibility index (Phi) is 8.86. The molecule has 3 heterocycles. The van der Waals surface area contributed by atoms with E-state index in [4.69, 9.17) is 20.6 Å². The zero-order valence-corrected chi connectivity index (χ0v) is 28.2. The molecule has 7 rings (SSSR count). The lowest BCUT2D eigenvalue weighted by atomic mass is 10.0. The van der Waals surface area contributed by atoms with Gasteiger partial charge < -0.3 is 19.4 Å². The Bertz CT molecular complexity index is 2280. The number of benzene rings is 4. The summed E-state index contributed by atoms with van der Waals surface area (Å²) in [6, 6.07) is 24.1. The van der Waals surface area contributed by atoms with Gasteiger partial charge in [0.25, 0.3) is 11.8 Å². The first-order valence-electron chi connectivity index (χ1n) is 15.2. The molecule has 4 N–H and O–H groups in total. The first kappa shape index (κ1) is 32.8.